The van der Waals surface area contributed by atoms with Crippen molar-refractivity contribution in [2.24, 2.45) is 11.1 Å². The Balaban J connectivity index is 1.53. The first kappa shape index (κ1) is 44.9. The summed E-state index contributed by atoms with van der Waals surface area (Å²) in [4.78, 5) is 75.3. The number of nitrogens with one attached hydrogen (secondary N) is 2. The van der Waals surface area contributed by atoms with Crippen molar-refractivity contribution in [3.63, 3.8) is 0 Å². The first-order valence-electron chi connectivity index (χ1n) is 15.0. The second kappa shape index (κ2) is 19.4. The summed E-state index contributed by atoms with van der Waals surface area (Å²) in [7, 11) is -16.3. The van der Waals surface area contributed by atoms with E-state index in [4.69, 9.17) is 25.3 Å². The molecule has 1 fully saturated rings. The molecule has 24 nitrogen and oxygen atoms in total. The van der Waals surface area contributed by atoms with Gasteiger partial charge in [-0.2, -0.15) is 4.31 Å². The molecule has 52 heavy (non-hydrogen) atoms. The number of carbonyl (C=O) groups excluding carboxylic acids is 2. The average Bonchev–Trinajstić information content (AvgIpc) is 3.60. The zero-order valence-electron chi connectivity index (χ0n) is 27.6. The number of hydrogen-bond acceptors (Lipinski definition) is 17. The molecular weight excluding hydrogens is 895 g/mol. The number of aliphatic hydroxyl groups is 2. The van der Waals surface area contributed by atoms with E-state index in [0.29, 0.717) is 39.4 Å². The van der Waals surface area contributed by atoms with E-state index >= 15 is 0 Å². The van der Waals surface area contributed by atoms with Crippen LogP contribution in [-0.2, 0) is 45.9 Å². The van der Waals surface area contributed by atoms with E-state index < -0.39 is 78.6 Å². The van der Waals surface area contributed by atoms with Gasteiger partial charge in [0, 0.05) is 0 Å². The molecule has 0 saturated carbocycles. The number of phosphoric ester groups is 3. The Kier molecular flexibility index (Phi) is 16.8. The molecular formula is C23H41N8O16P3Se2. The number of anilines is 1. The maximum absolute atomic E-state index is 12.6. The Bertz CT molecular complexity index is 1670. The van der Waals surface area contributed by atoms with Crippen LogP contribution in [0.25, 0.3) is 11.2 Å². The number of amides is 2. The Morgan fingerprint density at radius 3 is 2.40 bits per heavy atom. The number of nitrogens with two attached hydrogens (primary N) is 2. The van der Waals surface area contributed by atoms with Gasteiger partial charge in [0.15, 0.2) is 17.7 Å². The van der Waals surface area contributed by atoms with Crippen molar-refractivity contribution in [2.45, 2.75) is 61.6 Å². The SMILES string of the molecule is CC(C)(COP(=O)(O)OP(=O)(O)OC[C@H]1O[C@@H](n2cnc3c(N)ncnc32)[C@H](O)[C@@H]1OP(=O)(O)O)[C@@H](O)C(=O)NCCC(=O)NCC[Se][Se]CCN. The topological polar surface area (TPSA) is 373 Å². The molecule has 0 bridgehead atoms. The third kappa shape index (κ3) is 13.7. The molecule has 296 valence electrons. The van der Waals surface area contributed by atoms with Crippen molar-refractivity contribution in [3.8, 4) is 0 Å². The van der Waals surface area contributed by atoms with E-state index in [1.165, 1.54) is 13.8 Å². The van der Waals surface area contributed by atoms with Gasteiger partial charge in [-0.05, 0) is 0 Å². The molecule has 0 spiro atoms. The van der Waals surface area contributed by atoms with Crippen LogP contribution in [-0.4, -0.2) is 145 Å². The van der Waals surface area contributed by atoms with Gasteiger partial charge < -0.3 is 35.2 Å². The van der Waals surface area contributed by atoms with Crippen LogP contribution >= 0.6 is 23.5 Å². The number of carbonyl (C=O) groups is 2. The molecule has 1 saturated heterocycles. The first-order valence-corrected chi connectivity index (χ1v) is 26.3. The van der Waals surface area contributed by atoms with E-state index in [2.05, 4.69) is 34.4 Å². The van der Waals surface area contributed by atoms with E-state index in [-0.39, 0.29) is 35.9 Å². The van der Waals surface area contributed by atoms with Gasteiger partial charge in [0.1, 0.15) is 30.2 Å². The normalized spacial score (nSPS) is 22.5. The third-order valence-electron chi connectivity index (χ3n) is 6.87. The Morgan fingerprint density at radius 1 is 1.06 bits per heavy atom. The number of phosphoric acid groups is 3. The molecule has 0 aromatic carbocycles. The van der Waals surface area contributed by atoms with Crippen molar-refractivity contribution in [3.05, 3.63) is 12.7 Å². The molecule has 1 aliphatic rings. The molecule has 0 radical (unpaired) electrons. The first-order chi connectivity index (χ1) is 24.2. The molecule has 2 amide bonds. The molecule has 12 N–H and O–H groups in total. The second-order valence-corrected chi connectivity index (χ2v) is 23.6. The molecule has 1 aliphatic heterocycles. The standard InChI is InChI=1S/C23H41N8O16P3Se2/c1-23(2,18(34)21(35)27-5-3-14(32)26-6-8-52-51-7-4-24)10-44-50(41,42)47-49(39,40)43-9-13-17(46-48(36,37)38)16(33)22(45-13)31-12-30-15-19(25)28-11-29-20(15)31/h11-13,16-18,22,33-34H,3-10,24H2,1-2H3,(H,26,32)(H,27,35)(H,39,40)(H,41,42)(H2,25,28,29)(H2,36,37,38)/t13-,16-,17-,18+,22-/m1/s1. The molecule has 29 heteroatoms. The van der Waals surface area contributed by atoms with Gasteiger partial charge in [-0.15, -0.1) is 0 Å². The summed E-state index contributed by atoms with van der Waals surface area (Å²) in [5.41, 5.74) is 9.78. The van der Waals surface area contributed by atoms with Gasteiger partial charge in [-0.25, -0.2) is 28.6 Å². The average molecular weight is 936 g/mol. The van der Waals surface area contributed by atoms with Crippen molar-refractivity contribution in [1.82, 2.24) is 30.2 Å². The van der Waals surface area contributed by atoms with Crippen molar-refractivity contribution < 1.29 is 75.7 Å². The van der Waals surface area contributed by atoms with Gasteiger partial charge in [-0.1, -0.05) is 0 Å². The van der Waals surface area contributed by atoms with Crippen LogP contribution in [0.3, 0.4) is 0 Å². The fourth-order valence-corrected chi connectivity index (χ4v) is 12.8. The maximum atomic E-state index is 12.6. The van der Waals surface area contributed by atoms with E-state index in [1.807, 2.05) is 0 Å². The van der Waals surface area contributed by atoms with E-state index in [1.54, 1.807) is 0 Å². The summed E-state index contributed by atoms with van der Waals surface area (Å²) < 4.78 is 62.0. The minimum atomic E-state index is -5.54. The summed E-state index contributed by atoms with van der Waals surface area (Å²) in [6.07, 6.45) is -6.69. The van der Waals surface area contributed by atoms with Crippen LogP contribution in [0.2, 0.25) is 10.6 Å². The summed E-state index contributed by atoms with van der Waals surface area (Å²) in [6, 6.07) is 0. The van der Waals surface area contributed by atoms with Gasteiger partial charge >= 0.3 is 166 Å². The van der Waals surface area contributed by atoms with Gasteiger partial charge in [0.2, 0.25) is 0 Å². The monoisotopic (exact) mass is 938 g/mol. The molecule has 3 rings (SSSR count). The van der Waals surface area contributed by atoms with Crippen molar-refractivity contribution in [1.29, 1.82) is 0 Å². The number of hydrogen-bond donors (Lipinski definition) is 10. The zero-order chi connectivity index (χ0) is 38.9. The fourth-order valence-electron chi connectivity index (χ4n) is 4.34. The van der Waals surface area contributed by atoms with Crippen molar-refractivity contribution in [2.75, 3.05) is 38.6 Å². The molecule has 7 atom stereocenters. The molecule has 2 unspecified atom stereocenters. The number of aromatic nitrogens is 4. The number of nitrogen functional groups attached to an aromatic ring is 1. The quantitative estimate of drug-likeness (QED) is 0.0332. The second-order valence-electron chi connectivity index (χ2n) is 11.5. The van der Waals surface area contributed by atoms with E-state index in [0.717, 1.165) is 27.9 Å². The van der Waals surface area contributed by atoms with Gasteiger partial charge in [-0.3, -0.25) is 13.6 Å². The Hall–Kier alpha value is -1.46. The number of ether oxygens (including phenoxy) is 1. The minimum absolute atomic E-state index is 0.0348. The van der Waals surface area contributed by atoms with Crippen LogP contribution in [0.4, 0.5) is 5.82 Å². The summed E-state index contributed by atoms with van der Waals surface area (Å²) in [5.74, 6) is -1.27. The predicted molar refractivity (Wildman–Crippen MR) is 180 cm³/mol. The molecule has 0 aliphatic carbocycles. The van der Waals surface area contributed by atoms with Crippen LogP contribution in [0.5, 0.6) is 0 Å². The summed E-state index contributed by atoms with van der Waals surface area (Å²) in [5, 5.41) is 28.3. The zero-order valence-corrected chi connectivity index (χ0v) is 33.7. The molecule has 3 heterocycles. The fraction of sp³-hybridized carbons (Fsp3) is 0.696. The molecule has 2 aromatic rings. The number of nitrogens with zero attached hydrogens (tertiary/aromatic N) is 4. The Labute approximate surface area is 307 Å². The number of rotatable bonds is 22. The molecule has 2 aromatic heterocycles. The van der Waals surface area contributed by atoms with Crippen LogP contribution < -0.4 is 22.1 Å². The third-order valence-corrected chi connectivity index (χ3v) is 17.4. The predicted octanol–water partition coefficient (Wildman–Crippen LogP) is -2.48. The van der Waals surface area contributed by atoms with E-state index in [9.17, 15) is 53.1 Å². The van der Waals surface area contributed by atoms with Crippen molar-refractivity contribution >= 4 is 78.5 Å². The van der Waals surface area contributed by atoms with Crippen LogP contribution in [0.15, 0.2) is 12.7 Å². The number of aliphatic hydroxyl groups excluding tert-OH is 2. The summed E-state index contributed by atoms with van der Waals surface area (Å²) in [6.45, 7) is 1.61. The van der Waals surface area contributed by atoms with Crippen LogP contribution in [0.1, 0.15) is 26.5 Å². The number of fused-ring (bicyclic) bond motifs is 1. The summed E-state index contributed by atoms with van der Waals surface area (Å²) >= 11 is 0.911. The Morgan fingerprint density at radius 2 is 1.73 bits per heavy atom. The van der Waals surface area contributed by atoms with Gasteiger partial charge in [0.25, 0.3) is 0 Å². The number of imidazole rings is 1. The van der Waals surface area contributed by atoms with Gasteiger partial charge in [0.05, 0.1) is 12.9 Å². The van der Waals surface area contributed by atoms with Crippen LogP contribution in [0, 0.1) is 5.41 Å².